The summed E-state index contributed by atoms with van der Waals surface area (Å²) in [6, 6.07) is 12.8. The van der Waals surface area contributed by atoms with E-state index in [0.717, 1.165) is 16.2 Å². The van der Waals surface area contributed by atoms with E-state index in [2.05, 4.69) is 15.6 Å². The maximum absolute atomic E-state index is 12.2. The zero-order valence-electron chi connectivity index (χ0n) is 16.5. The Hall–Kier alpha value is -3.48. The molecule has 7 heteroatoms. The normalized spacial score (nSPS) is 15.6. The topological polar surface area (TPSA) is 91.4 Å². The Morgan fingerprint density at radius 2 is 2.00 bits per heavy atom. The number of nitrogens with zero attached hydrogens (tertiary/aromatic N) is 2. The van der Waals surface area contributed by atoms with Gasteiger partial charge in [0.05, 0.1) is 5.69 Å². The highest BCUT2D eigenvalue weighted by Crippen LogP contribution is 2.18. The third-order valence-corrected chi connectivity index (χ3v) is 4.53. The van der Waals surface area contributed by atoms with E-state index in [1.807, 2.05) is 54.6 Å². The summed E-state index contributed by atoms with van der Waals surface area (Å²) in [5, 5.41) is 5.48. The smallest absolute Gasteiger partial charge is 0.325 e. The molecular formula is C22H24N4O3. The Morgan fingerprint density at radius 1 is 1.17 bits per heavy atom. The van der Waals surface area contributed by atoms with Gasteiger partial charge in [-0.3, -0.25) is 19.5 Å². The molecule has 2 N–H and O–H groups in total. The molecule has 1 aromatic carbocycles. The van der Waals surface area contributed by atoms with Crippen LogP contribution in [0.25, 0.3) is 12.2 Å². The Labute approximate surface area is 169 Å². The average molecular weight is 392 g/mol. The molecule has 0 atom stereocenters. The molecule has 0 unspecified atom stereocenters. The van der Waals surface area contributed by atoms with Crippen LogP contribution in [0.4, 0.5) is 10.5 Å². The largest absolute Gasteiger partial charge is 0.326 e. The van der Waals surface area contributed by atoms with Crippen LogP contribution in [-0.4, -0.2) is 39.8 Å². The second kappa shape index (κ2) is 8.68. The SMILES string of the molecule is CC1(C)NC(=O)N(CCCC(=O)Nc2cccc(/C=C/c3ccccn3)c2)C1=O. The van der Waals surface area contributed by atoms with Crippen molar-refractivity contribution in [3.05, 3.63) is 59.9 Å². The summed E-state index contributed by atoms with van der Waals surface area (Å²) in [4.78, 5) is 41.6. The van der Waals surface area contributed by atoms with Crippen LogP contribution in [0.15, 0.2) is 48.7 Å². The van der Waals surface area contributed by atoms with Crippen molar-refractivity contribution in [1.82, 2.24) is 15.2 Å². The number of amides is 4. The summed E-state index contributed by atoms with van der Waals surface area (Å²) in [5.74, 6) is -0.433. The summed E-state index contributed by atoms with van der Waals surface area (Å²) < 4.78 is 0. The maximum Gasteiger partial charge on any atom is 0.325 e. The van der Waals surface area contributed by atoms with Gasteiger partial charge in [-0.2, -0.15) is 0 Å². The molecule has 150 valence electrons. The van der Waals surface area contributed by atoms with Crippen LogP contribution < -0.4 is 10.6 Å². The second-order valence-corrected chi connectivity index (χ2v) is 7.38. The molecule has 0 spiro atoms. The van der Waals surface area contributed by atoms with Crippen molar-refractivity contribution < 1.29 is 14.4 Å². The lowest BCUT2D eigenvalue weighted by atomic mass is 10.1. The Bertz CT molecular complexity index is 938. The standard InChI is InChI=1S/C22H24N4O3/c1-22(2)20(28)26(21(29)25-22)14-6-10-19(27)24-18-9-5-7-16(15-18)11-12-17-8-3-4-13-23-17/h3-5,7-9,11-13,15H,6,10,14H2,1-2H3,(H,24,27)(H,25,29)/b12-11+. The first kappa shape index (κ1) is 20.3. The molecule has 1 fully saturated rings. The third-order valence-electron chi connectivity index (χ3n) is 4.53. The average Bonchev–Trinajstić information content (AvgIpc) is 2.89. The van der Waals surface area contributed by atoms with E-state index in [-0.39, 0.29) is 24.8 Å². The van der Waals surface area contributed by atoms with Crippen LogP contribution in [0.3, 0.4) is 0 Å². The number of nitrogens with one attached hydrogen (secondary N) is 2. The molecule has 1 aromatic heterocycles. The summed E-state index contributed by atoms with van der Waals surface area (Å²) in [6.07, 6.45) is 6.18. The van der Waals surface area contributed by atoms with Gasteiger partial charge in [0.2, 0.25) is 5.91 Å². The predicted octanol–water partition coefficient (Wildman–Crippen LogP) is 3.30. The van der Waals surface area contributed by atoms with E-state index in [0.29, 0.717) is 12.1 Å². The fourth-order valence-electron chi connectivity index (χ4n) is 3.02. The lowest BCUT2D eigenvalue weighted by Crippen LogP contribution is -2.40. The van der Waals surface area contributed by atoms with Gasteiger partial charge in [-0.1, -0.05) is 24.3 Å². The van der Waals surface area contributed by atoms with Crippen LogP contribution in [0.1, 0.15) is 37.9 Å². The first-order valence-electron chi connectivity index (χ1n) is 9.48. The monoisotopic (exact) mass is 392 g/mol. The van der Waals surface area contributed by atoms with Crippen LogP contribution >= 0.6 is 0 Å². The summed E-state index contributed by atoms with van der Waals surface area (Å²) in [7, 11) is 0. The molecule has 0 bridgehead atoms. The fourth-order valence-corrected chi connectivity index (χ4v) is 3.02. The third kappa shape index (κ3) is 5.28. The molecule has 1 aliphatic rings. The van der Waals surface area contributed by atoms with Gasteiger partial charge >= 0.3 is 6.03 Å². The van der Waals surface area contributed by atoms with Crippen molar-refractivity contribution in [3.63, 3.8) is 0 Å². The van der Waals surface area contributed by atoms with Gasteiger partial charge in [-0.05, 0) is 56.2 Å². The van der Waals surface area contributed by atoms with E-state index in [1.54, 1.807) is 20.0 Å². The molecule has 1 aliphatic heterocycles. The van der Waals surface area contributed by atoms with Crippen LogP contribution in [0, 0.1) is 0 Å². The van der Waals surface area contributed by atoms with Gasteiger partial charge < -0.3 is 10.6 Å². The van der Waals surface area contributed by atoms with E-state index in [9.17, 15) is 14.4 Å². The highest BCUT2D eigenvalue weighted by molar-refractivity contribution is 6.06. The molecule has 0 saturated carbocycles. The van der Waals surface area contributed by atoms with Crippen LogP contribution in [-0.2, 0) is 9.59 Å². The molecule has 1 saturated heterocycles. The van der Waals surface area contributed by atoms with Crippen LogP contribution in [0.5, 0.6) is 0 Å². The lowest BCUT2D eigenvalue weighted by Gasteiger charge is -2.15. The van der Waals surface area contributed by atoms with E-state index in [4.69, 9.17) is 0 Å². The van der Waals surface area contributed by atoms with Crippen LogP contribution in [0.2, 0.25) is 0 Å². The van der Waals surface area contributed by atoms with Crippen molar-refractivity contribution in [2.45, 2.75) is 32.2 Å². The Balaban J connectivity index is 1.50. The molecule has 0 aliphatic carbocycles. The van der Waals surface area contributed by atoms with Crippen molar-refractivity contribution in [3.8, 4) is 0 Å². The molecule has 2 heterocycles. The fraction of sp³-hybridized carbons (Fsp3) is 0.273. The number of urea groups is 1. The number of carbonyl (C=O) groups is 3. The minimum Gasteiger partial charge on any atom is -0.326 e. The summed E-state index contributed by atoms with van der Waals surface area (Å²) in [6.45, 7) is 3.54. The van der Waals surface area contributed by atoms with Gasteiger partial charge in [-0.25, -0.2) is 4.79 Å². The first-order valence-corrected chi connectivity index (χ1v) is 9.48. The van der Waals surface area contributed by atoms with Gasteiger partial charge in [0.15, 0.2) is 0 Å². The molecule has 0 radical (unpaired) electrons. The maximum atomic E-state index is 12.2. The van der Waals surface area contributed by atoms with Crippen molar-refractivity contribution in [2.75, 3.05) is 11.9 Å². The molecule has 2 aromatic rings. The zero-order valence-corrected chi connectivity index (χ0v) is 16.5. The summed E-state index contributed by atoms with van der Waals surface area (Å²) >= 11 is 0. The predicted molar refractivity (Wildman–Crippen MR) is 112 cm³/mol. The molecule has 3 rings (SSSR count). The number of pyridine rings is 1. The zero-order chi connectivity index (χ0) is 20.9. The number of hydrogen-bond acceptors (Lipinski definition) is 4. The number of aromatic nitrogens is 1. The highest BCUT2D eigenvalue weighted by atomic mass is 16.2. The molecule has 7 nitrogen and oxygen atoms in total. The van der Waals surface area contributed by atoms with Gasteiger partial charge in [0, 0.05) is 24.8 Å². The highest BCUT2D eigenvalue weighted by Gasteiger charge is 2.43. The van der Waals surface area contributed by atoms with Crippen molar-refractivity contribution >= 4 is 35.7 Å². The van der Waals surface area contributed by atoms with Crippen molar-refractivity contribution in [1.29, 1.82) is 0 Å². The number of rotatable bonds is 7. The molecule has 4 amide bonds. The Morgan fingerprint density at radius 3 is 2.69 bits per heavy atom. The number of imide groups is 1. The van der Waals surface area contributed by atoms with E-state index < -0.39 is 11.6 Å². The Kier molecular flexibility index (Phi) is 6.07. The second-order valence-electron chi connectivity index (χ2n) is 7.38. The van der Waals surface area contributed by atoms with Gasteiger partial charge in [0.25, 0.3) is 5.91 Å². The van der Waals surface area contributed by atoms with Gasteiger partial charge in [-0.15, -0.1) is 0 Å². The number of benzene rings is 1. The quantitative estimate of drug-likeness (QED) is 0.707. The van der Waals surface area contributed by atoms with E-state index in [1.165, 1.54) is 0 Å². The minimum absolute atomic E-state index is 0.165. The number of anilines is 1. The number of hydrogen-bond donors (Lipinski definition) is 2. The minimum atomic E-state index is -0.886. The lowest BCUT2D eigenvalue weighted by molar-refractivity contribution is -0.130. The molecule has 29 heavy (non-hydrogen) atoms. The first-order chi connectivity index (χ1) is 13.8. The summed E-state index contributed by atoms with van der Waals surface area (Å²) in [5.41, 5.74) is 1.60. The number of carbonyl (C=O) groups excluding carboxylic acids is 3. The molecular weight excluding hydrogens is 368 g/mol. The van der Waals surface area contributed by atoms with Crippen molar-refractivity contribution in [2.24, 2.45) is 0 Å². The van der Waals surface area contributed by atoms with Gasteiger partial charge in [0.1, 0.15) is 5.54 Å². The van der Waals surface area contributed by atoms with E-state index >= 15 is 0 Å².